The van der Waals surface area contributed by atoms with Crippen molar-refractivity contribution in [1.29, 1.82) is 0 Å². The molecule has 0 saturated heterocycles. The smallest absolute Gasteiger partial charge is 0.147 e. The molecule has 4 nitrogen and oxygen atoms in total. The molecule has 0 amide bonds. The summed E-state index contributed by atoms with van der Waals surface area (Å²) >= 11 is 0. The number of fused-ring (bicyclic) bond motifs is 1. The normalized spacial score (nSPS) is 12.9. The maximum absolute atomic E-state index is 6.34. The Morgan fingerprint density at radius 1 is 0.833 bits per heavy atom. The molecule has 0 unspecified atom stereocenters. The van der Waals surface area contributed by atoms with Gasteiger partial charge in [0.25, 0.3) is 0 Å². The van der Waals surface area contributed by atoms with E-state index in [4.69, 9.17) is 14.5 Å². The third kappa shape index (κ3) is 5.07. The number of ether oxygens (including phenoxy) is 2. The Balaban J connectivity index is 1.67. The van der Waals surface area contributed by atoms with E-state index in [9.17, 15) is 0 Å². The summed E-state index contributed by atoms with van der Waals surface area (Å²) in [6, 6.07) is 21.0. The van der Waals surface area contributed by atoms with Gasteiger partial charge in [0.05, 0.1) is 31.2 Å². The van der Waals surface area contributed by atoms with Crippen molar-refractivity contribution in [2.45, 2.75) is 32.5 Å². The SMILES string of the molecule is CN(C)CCCOc1c(Cc2ccccc2)nc(Cc2ccccc2)c2c1COC2. The molecule has 0 saturated carbocycles. The van der Waals surface area contributed by atoms with Gasteiger partial charge in [-0.3, -0.25) is 4.98 Å². The zero-order valence-electron chi connectivity index (χ0n) is 17.9. The van der Waals surface area contributed by atoms with Gasteiger partial charge in [-0.25, -0.2) is 0 Å². The summed E-state index contributed by atoms with van der Waals surface area (Å²) in [6.07, 6.45) is 2.56. The second-order valence-corrected chi connectivity index (χ2v) is 8.11. The summed E-state index contributed by atoms with van der Waals surface area (Å²) in [5.74, 6) is 0.932. The van der Waals surface area contributed by atoms with Crippen LogP contribution < -0.4 is 4.74 Å². The highest BCUT2D eigenvalue weighted by atomic mass is 16.5. The average Bonchev–Trinajstić information content (AvgIpc) is 3.24. The minimum atomic E-state index is 0.602. The summed E-state index contributed by atoms with van der Waals surface area (Å²) in [6.45, 7) is 2.91. The predicted molar refractivity (Wildman–Crippen MR) is 120 cm³/mol. The van der Waals surface area contributed by atoms with E-state index >= 15 is 0 Å². The Hall–Kier alpha value is -2.69. The highest BCUT2D eigenvalue weighted by Crippen LogP contribution is 2.35. The first kappa shape index (κ1) is 20.6. The van der Waals surface area contributed by atoms with E-state index in [0.29, 0.717) is 19.8 Å². The average molecular weight is 403 g/mol. The van der Waals surface area contributed by atoms with Crippen LogP contribution >= 0.6 is 0 Å². The van der Waals surface area contributed by atoms with E-state index in [-0.39, 0.29) is 0 Å². The van der Waals surface area contributed by atoms with Crippen LogP contribution in [0.25, 0.3) is 0 Å². The van der Waals surface area contributed by atoms with E-state index in [2.05, 4.69) is 73.6 Å². The van der Waals surface area contributed by atoms with Crippen LogP contribution in [0.1, 0.15) is 40.1 Å². The Morgan fingerprint density at radius 3 is 2.07 bits per heavy atom. The number of hydrogen-bond donors (Lipinski definition) is 0. The molecule has 0 spiro atoms. The van der Waals surface area contributed by atoms with Crippen LogP contribution in [-0.2, 0) is 30.8 Å². The Morgan fingerprint density at radius 2 is 1.43 bits per heavy atom. The van der Waals surface area contributed by atoms with Gasteiger partial charge >= 0.3 is 0 Å². The van der Waals surface area contributed by atoms with Crippen LogP contribution in [-0.4, -0.2) is 37.1 Å². The number of benzene rings is 2. The van der Waals surface area contributed by atoms with Crippen LogP contribution in [0.5, 0.6) is 5.75 Å². The second-order valence-electron chi connectivity index (χ2n) is 8.11. The molecule has 0 fully saturated rings. The zero-order chi connectivity index (χ0) is 20.8. The molecule has 0 N–H and O–H groups in total. The maximum Gasteiger partial charge on any atom is 0.147 e. The van der Waals surface area contributed by atoms with Gasteiger partial charge in [-0.05, 0) is 31.6 Å². The lowest BCUT2D eigenvalue weighted by atomic mass is 9.99. The summed E-state index contributed by atoms with van der Waals surface area (Å²) < 4.78 is 12.2. The summed E-state index contributed by atoms with van der Waals surface area (Å²) in [5, 5.41) is 0. The number of nitrogens with zero attached hydrogens (tertiary/aromatic N) is 2. The monoisotopic (exact) mass is 402 g/mol. The van der Waals surface area contributed by atoms with Gasteiger partial charge in [-0.1, -0.05) is 60.7 Å². The van der Waals surface area contributed by atoms with Crippen LogP contribution in [0.2, 0.25) is 0 Å². The molecular weight excluding hydrogens is 372 g/mol. The number of pyridine rings is 1. The zero-order valence-corrected chi connectivity index (χ0v) is 17.9. The lowest BCUT2D eigenvalue weighted by molar-refractivity contribution is 0.132. The molecule has 156 valence electrons. The first-order chi connectivity index (χ1) is 14.7. The van der Waals surface area contributed by atoms with Crippen molar-refractivity contribution in [1.82, 2.24) is 9.88 Å². The Labute approximate surface area is 179 Å². The third-order valence-corrected chi connectivity index (χ3v) is 5.44. The van der Waals surface area contributed by atoms with Gasteiger partial charge in [-0.15, -0.1) is 0 Å². The largest absolute Gasteiger partial charge is 0.491 e. The van der Waals surface area contributed by atoms with E-state index in [1.807, 2.05) is 6.07 Å². The molecule has 4 rings (SSSR count). The molecule has 2 heterocycles. The van der Waals surface area contributed by atoms with E-state index in [1.54, 1.807) is 0 Å². The number of aromatic nitrogens is 1. The molecule has 2 aromatic carbocycles. The van der Waals surface area contributed by atoms with Crippen LogP contribution in [0.3, 0.4) is 0 Å². The molecule has 4 heteroatoms. The van der Waals surface area contributed by atoms with Crippen molar-refractivity contribution >= 4 is 0 Å². The number of rotatable bonds is 9. The number of hydrogen-bond acceptors (Lipinski definition) is 4. The third-order valence-electron chi connectivity index (χ3n) is 5.44. The fourth-order valence-corrected chi connectivity index (χ4v) is 3.91. The molecule has 0 radical (unpaired) electrons. The van der Waals surface area contributed by atoms with Crippen molar-refractivity contribution in [3.8, 4) is 5.75 Å². The van der Waals surface area contributed by atoms with Gasteiger partial charge in [0.15, 0.2) is 0 Å². The first-order valence-corrected chi connectivity index (χ1v) is 10.7. The second kappa shape index (κ2) is 9.88. The van der Waals surface area contributed by atoms with Crippen molar-refractivity contribution in [2.75, 3.05) is 27.2 Å². The van der Waals surface area contributed by atoms with Crippen molar-refractivity contribution in [3.63, 3.8) is 0 Å². The van der Waals surface area contributed by atoms with Gasteiger partial charge < -0.3 is 14.4 Å². The highest BCUT2D eigenvalue weighted by Gasteiger charge is 2.25. The maximum atomic E-state index is 6.34. The van der Waals surface area contributed by atoms with Crippen LogP contribution in [0, 0.1) is 0 Å². The van der Waals surface area contributed by atoms with E-state index in [1.165, 1.54) is 22.3 Å². The van der Waals surface area contributed by atoms with Crippen molar-refractivity contribution in [3.05, 3.63) is 94.3 Å². The lowest BCUT2D eigenvalue weighted by Crippen LogP contribution is -2.16. The highest BCUT2D eigenvalue weighted by molar-refractivity contribution is 5.49. The van der Waals surface area contributed by atoms with Gasteiger partial charge in [0.2, 0.25) is 0 Å². The van der Waals surface area contributed by atoms with Gasteiger partial charge in [0, 0.05) is 30.5 Å². The predicted octanol–water partition coefficient (Wildman–Crippen LogP) is 4.62. The fourth-order valence-electron chi connectivity index (χ4n) is 3.91. The minimum Gasteiger partial charge on any atom is -0.491 e. The van der Waals surface area contributed by atoms with Gasteiger partial charge in [-0.2, -0.15) is 0 Å². The van der Waals surface area contributed by atoms with E-state index in [0.717, 1.165) is 42.9 Å². The molecular formula is C26H30N2O2. The molecule has 30 heavy (non-hydrogen) atoms. The Bertz CT molecular complexity index is 956. The summed E-state index contributed by atoms with van der Waals surface area (Å²) in [5.41, 5.74) is 7.03. The lowest BCUT2D eigenvalue weighted by Gasteiger charge is -2.18. The van der Waals surface area contributed by atoms with Crippen LogP contribution in [0.15, 0.2) is 60.7 Å². The summed E-state index contributed by atoms with van der Waals surface area (Å²) in [4.78, 5) is 7.32. The minimum absolute atomic E-state index is 0.602. The van der Waals surface area contributed by atoms with Gasteiger partial charge in [0.1, 0.15) is 5.75 Å². The van der Waals surface area contributed by atoms with Crippen molar-refractivity contribution in [2.24, 2.45) is 0 Å². The Kier molecular flexibility index (Phi) is 6.77. The molecule has 1 aliphatic heterocycles. The standard InChI is InChI=1S/C26H30N2O2/c1-28(2)14-9-15-30-26-23-19-29-18-22(23)24(16-20-10-5-3-6-11-20)27-25(26)17-21-12-7-4-8-13-21/h3-8,10-13H,9,14-19H2,1-2H3. The van der Waals surface area contributed by atoms with Crippen molar-refractivity contribution < 1.29 is 9.47 Å². The van der Waals surface area contributed by atoms with Crippen LogP contribution in [0.4, 0.5) is 0 Å². The molecule has 3 aromatic rings. The topological polar surface area (TPSA) is 34.6 Å². The molecule has 0 bridgehead atoms. The molecule has 0 aliphatic carbocycles. The molecule has 0 atom stereocenters. The fraction of sp³-hybridized carbons (Fsp3) is 0.346. The van der Waals surface area contributed by atoms with E-state index < -0.39 is 0 Å². The molecule has 1 aliphatic rings. The first-order valence-electron chi connectivity index (χ1n) is 10.7. The molecule has 1 aromatic heterocycles. The summed E-state index contributed by atoms with van der Waals surface area (Å²) in [7, 11) is 4.18. The quantitative estimate of drug-likeness (QED) is 0.489.